The van der Waals surface area contributed by atoms with E-state index in [4.69, 9.17) is 16.3 Å². The molecule has 0 saturated carbocycles. The first kappa shape index (κ1) is 16.6. The third-order valence-corrected chi connectivity index (χ3v) is 4.34. The Balaban J connectivity index is 1.98. The number of imidazole rings is 1. The Labute approximate surface area is 147 Å². The molecule has 124 valence electrons. The molecule has 0 saturated heterocycles. The van der Waals surface area contributed by atoms with E-state index in [1.54, 1.807) is 7.11 Å². The second-order valence-electron chi connectivity index (χ2n) is 5.74. The standard InChI is InChI=1S/C20H21ClN2O/c1-3-6-18-20(15-9-11-17(21)12-10-15)22-14-23(18)13-16-7-4-5-8-19(16)24-2/h4-5,7-12,14H,3,6,13H2,1-2H3. The molecule has 0 fully saturated rings. The molecule has 0 aliphatic carbocycles. The van der Waals surface area contributed by atoms with E-state index in [-0.39, 0.29) is 0 Å². The van der Waals surface area contributed by atoms with Crippen molar-refractivity contribution in [2.45, 2.75) is 26.3 Å². The number of para-hydroxylation sites is 1. The molecule has 0 bridgehead atoms. The van der Waals surface area contributed by atoms with Crippen LogP contribution in [0.25, 0.3) is 11.3 Å². The molecule has 0 aliphatic rings. The van der Waals surface area contributed by atoms with Crippen LogP contribution in [0.4, 0.5) is 0 Å². The van der Waals surface area contributed by atoms with E-state index in [9.17, 15) is 0 Å². The molecule has 0 atom stereocenters. The van der Waals surface area contributed by atoms with E-state index < -0.39 is 0 Å². The summed E-state index contributed by atoms with van der Waals surface area (Å²) in [5, 5.41) is 0.740. The molecule has 0 N–H and O–H groups in total. The van der Waals surface area contributed by atoms with E-state index in [1.807, 2.05) is 48.8 Å². The summed E-state index contributed by atoms with van der Waals surface area (Å²) >= 11 is 6.01. The van der Waals surface area contributed by atoms with Gasteiger partial charge in [-0.05, 0) is 24.6 Å². The average molecular weight is 341 g/mol. The molecule has 0 unspecified atom stereocenters. The summed E-state index contributed by atoms with van der Waals surface area (Å²) < 4.78 is 7.69. The van der Waals surface area contributed by atoms with Gasteiger partial charge in [0.1, 0.15) is 5.75 Å². The molecule has 0 spiro atoms. The number of aromatic nitrogens is 2. The fraction of sp³-hybridized carbons (Fsp3) is 0.250. The lowest BCUT2D eigenvalue weighted by atomic mass is 10.1. The van der Waals surface area contributed by atoms with Crippen LogP contribution in [0.2, 0.25) is 5.02 Å². The first-order valence-electron chi connectivity index (χ1n) is 8.14. The first-order chi connectivity index (χ1) is 11.7. The fourth-order valence-electron chi connectivity index (χ4n) is 2.91. The van der Waals surface area contributed by atoms with Gasteiger partial charge in [-0.3, -0.25) is 0 Å². The molecule has 3 rings (SSSR count). The molecule has 3 nitrogen and oxygen atoms in total. The van der Waals surface area contributed by atoms with Crippen LogP contribution in [0.3, 0.4) is 0 Å². The number of halogens is 1. The van der Waals surface area contributed by atoms with Gasteiger partial charge in [-0.25, -0.2) is 4.98 Å². The summed E-state index contributed by atoms with van der Waals surface area (Å²) in [5.41, 5.74) is 4.52. The summed E-state index contributed by atoms with van der Waals surface area (Å²) in [6.07, 6.45) is 3.96. The molecule has 0 aliphatic heterocycles. The zero-order chi connectivity index (χ0) is 16.9. The number of rotatable bonds is 6. The second-order valence-corrected chi connectivity index (χ2v) is 6.17. The van der Waals surface area contributed by atoms with Gasteiger partial charge in [0.15, 0.2) is 0 Å². The highest BCUT2D eigenvalue weighted by Gasteiger charge is 2.13. The van der Waals surface area contributed by atoms with Crippen molar-refractivity contribution < 1.29 is 4.74 Å². The largest absolute Gasteiger partial charge is 0.496 e. The lowest BCUT2D eigenvalue weighted by Crippen LogP contribution is -2.05. The molecule has 0 amide bonds. The predicted octanol–water partition coefficient (Wildman–Crippen LogP) is 5.21. The van der Waals surface area contributed by atoms with Crippen LogP contribution >= 0.6 is 11.6 Å². The summed E-state index contributed by atoms with van der Waals surface area (Å²) in [7, 11) is 1.71. The van der Waals surface area contributed by atoms with Crippen LogP contribution in [0.1, 0.15) is 24.6 Å². The normalized spacial score (nSPS) is 10.8. The maximum atomic E-state index is 6.01. The van der Waals surface area contributed by atoms with Crippen LogP contribution in [-0.4, -0.2) is 16.7 Å². The zero-order valence-electron chi connectivity index (χ0n) is 14.0. The van der Waals surface area contributed by atoms with Crippen molar-refractivity contribution in [2.75, 3.05) is 7.11 Å². The molecular weight excluding hydrogens is 320 g/mol. The number of hydrogen-bond donors (Lipinski definition) is 0. The SMILES string of the molecule is CCCc1c(-c2ccc(Cl)cc2)ncn1Cc1ccccc1OC. The zero-order valence-corrected chi connectivity index (χ0v) is 14.8. The van der Waals surface area contributed by atoms with Crippen LogP contribution < -0.4 is 4.74 Å². The summed E-state index contributed by atoms with van der Waals surface area (Å²) in [6, 6.07) is 16.0. The van der Waals surface area contributed by atoms with Gasteiger partial charge < -0.3 is 9.30 Å². The molecule has 2 aromatic carbocycles. The Morgan fingerprint density at radius 1 is 1.08 bits per heavy atom. The second kappa shape index (κ2) is 7.54. The van der Waals surface area contributed by atoms with Crippen LogP contribution in [0.5, 0.6) is 5.75 Å². The number of methoxy groups -OCH3 is 1. The lowest BCUT2D eigenvalue weighted by molar-refractivity contribution is 0.408. The van der Waals surface area contributed by atoms with Gasteiger partial charge in [-0.1, -0.05) is 55.3 Å². The number of ether oxygens (including phenoxy) is 1. The Hall–Kier alpha value is -2.26. The van der Waals surface area contributed by atoms with Crippen molar-refractivity contribution in [2.24, 2.45) is 0 Å². The van der Waals surface area contributed by atoms with Gasteiger partial charge in [0, 0.05) is 21.8 Å². The molecule has 1 aromatic heterocycles. The minimum atomic E-state index is 0.740. The minimum Gasteiger partial charge on any atom is -0.496 e. The summed E-state index contributed by atoms with van der Waals surface area (Å²) in [5.74, 6) is 0.904. The maximum Gasteiger partial charge on any atom is 0.123 e. The van der Waals surface area contributed by atoms with Crippen molar-refractivity contribution in [1.29, 1.82) is 0 Å². The highest BCUT2D eigenvalue weighted by atomic mass is 35.5. The van der Waals surface area contributed by atoms with E-state index in [1.165, 1.54) is 5.69 Å². The highest BCUT2D eigenvalue weighted by molar-refractivity contribution is 6.30. The Morgan fingerprint density at radius 2 is 1.83 bits per heavy atom. The van der Waals surface area contributed by atoms with Crippen LogP contribution in [0, 0.1) is 0 Å². The van der Waals surface area contributed by atoms with Crippen molar-refractivity contribution >= 4 is 11.6 Å². The minimum absolute atomic E-state index is 0.740. The van der Waals surface area contributed by atoms with Crippen molar-refractivity contribution in [3.8, 4) is 17.0 Å². The third-order valence-electron chi connectivity index (χ3n) is 4.08. The summed E-state index contributed by atoms with van der Waals surface area (Å²) in [4.78, 5) is 4.67. The quantitative estimate of drug-likeness (QED) is 0.615. The molecule has 24 heavy (non-hydrogen) atoms. The number of hydrogen-bond acceptors (Lipinski definition) is 2. The van der Waals surface area contributed by atoms with Gasteiger partial charge in [0.2, 0.25) is 0 Å². The van der Waals surface area contributed by atoms with Crippen LogP contribution in [0.15, 0.2) is 54.9 Å². The monoisotopic (exact) mass is 340 g/mol. The maximum absolute atomic E-state index is 6.01. The van der Waals surface area contributed by atoms with Crippen molar-refractivity contribution in [3.05, 3.63) is 71.1 Å². The fourth-order valence-corrected chi connectivity index (χ4v) is 3.03. The molecule has 4 heteroatoms. The van der Waals surface area contributed by atoms with Gasteiger partial charge in [-0.15, -0.1) is 0 Å². The topological polar surface area (TPSA) is 27.1 Å². The van der Waals surface area contributed by atoms with E-state index in [2.05, 4.69) is 22.5 Å². The number of benzene rings is 2. The van der Waals surface area contributed by atoms with Crippen molar-refractivity contribution in [1.82, 2.24) is 9.55 Å². The summed E-state index contributed by atoms with van der Waals surface area (Å²) in [6.45, 7) is 2.94. The first-order valence-corrected chi connectivity index (χ1v) is 8.52. The molecule has 0 radical (unpaired) electrons. The molecular formula is C20H21ClN2O. The molecule has 3 aromatic rings. The van der Waals surface area contributed by atoms with Gasteiger partial charge in [0.05, 0.1) is 25.7 Å². The lowest BCUT2D eigenvalue weighted by Gasteiger charge is -2.12. The Kier molecular flexibility index (Phi) is 5.21. The molecule has 1 heterocycles. The Bertz CT molecular complexity index is 809. The van der Waals surface area contributed by atoms with E-state index >= 15 is 0 Å². The number of nitrogens with zero attached hydrogens (tertiary/aromatic N) is 2. The predicted molar refractivity (Wildman–Crippen MR) is 98.8 cm³/mol. The van der Waals surface area contributed by atoms with E-state index in [0.29, 0.717) is 0 Å². The van der Waals surface area contributed by atoms with Gasteiger partial charge in [0.25, 0.3) is 0 Å². The van der Waals surface area contributed by atoms with Gasteiger partial charge >= 0.3 is 0 Å². The van der Waals surface area contributed by atoms with Crippen LogP contribution in [-0.2, 0) is 13.0 Å². The smallest absolute Gasteiger partial charge is 0.123 e. The Morgan fingerprint density at radius 3 is 2.54 bits per heavy atom. The van der Waals surface area contributed by atoms with Crippen molar-refractivity contribution in [3.63, 3.8) is 0 Å². The highest BCUT2D eigenvalue weighted by Crippen LogP contribution is 2.27. The van der Waals surface area contributed by atoms with E-state index in [0.717, 1.165) is 47.0 Å². The van der Waals surface area contributed by atoms with Gasteiger partial charge in [-0.2, -0.15) is 0 Å². The average Bonchev–Trinajstić information content (AvgIpc) is 2.99. The third kappa shape index (κ3) is 3.46.